The molecule has 0 spiro atoms. The van der Waals surface area contributed by atoms with E-state index in [4.69, 9.17) is 9.72 Å². The average Bonchev–Trinajstić information content (AvgIpc) is 3.50. The van der Waals surface area contributed by atoms with Crippen LogP contribution in [0.5, 0.6) is 5.75 Å². The lowest BCUT2D eigenvalue weighted by Gasteiger charge is -2.20. The predicted octanol–water partition coefficient (Wildman–Crippen LogP) is 4.64. The van der Waals surface area contributed by atoms with E-state index in [1.165, 1.54) is 5.56 Å². The highest BCUT2D eigenvalue weighted by molar-refractivity contribution is 7.83. The molecule has 0 bridgehead atoms. The molecule has 0 radical (unpaired) electrons. The van der Waals surface area contributed by atoms with Gasteiger partial charge in [0.2, 0.25) is 0 Å². The summed E-state index contributed by atoms with van der Waals surface area (Å²) in [5.74, 6) is 0.916. The Bertz CT molecular complexity index is 1420. The van der Waals surface area contributed by atoms with Crippen LogP contribution in [0.15, 0.2) is 84.0 Å². The van der Waals surface area contributed by atoms with Gasteiger partial charge in [-0.05, 0) is 54.3 Å². The molecule has 1 aromatic heterocycles. The van der Waals surface area contributed by atoms with Crippen LogP contribution in [0.25, 0.3) is 11.3 Å². The fourth-order valence-electron chi connectivity index (χ4n) is 4.55. The van der Waals surface area contributed by atoms with Crippen molar-refractivity contribution in [2.75, 3.05) is 6.61 Å². The van der Waals surface area contributed by atoms with Crippen molar-refractivity contribution in [1.29, 1.82) is 0 Å². The Morgan fingerprint density at radius 2 is 1.89 bits per heavy atom. The molecule has 7 nitrogen and oxygen atoms in total. The standard InChI is InChI=1S/C28H28N4O3S/c1-19-8-6-7-11-25(19)36(34)31-28(33)30-23(16-20-9-4-3-5-10-20)26-27(32(2)18-29-26)22-12-13-24-21(17-22)14-15-35-24/h3-13,17-18,23H,14-16H2,1-2H3,(H2,30,31,33). The van der Waals surface area contributed by atoms with Crippen LogP contribution in [0, 0.1) is 6.92 Å². The number of fused-ring (bicyclic) bond motifs is 1. The van der Waals surface area contributed by atoms with Crippen LogP contribution >= 0.6 is 0 Å². The van der Waals surface area contributed by atoms with E-state index in [-0.39, 0.29) is 0 Å². The molecule has 4 aromatic rings. The van der Waals surface area contributed by atoms with Crippen molar-refractivity contribution in [1.82, 2.24) is 19.6 Å². The highest BCUT2D eigenvalue weighted by Gasteiger charge is 2.25. The minimum Gasteiger partial charge on any atom is -0.493 e. The van der Waals surface area contributed by atoms with Crippen molar-refractivity contribution < 1.29 is 13.7 Å². The molecule has 1 aliphatic heterocycles. The molecule has 2 amide bonds. The number of hydrogen-bond acceptors (Lipinski definition) is 4. The van der Waals surface area contributed by atoms with Crippen molar-refractivity contribution in [3.8, 4) is 17.0 Å². The second kappa shape index (κ2) is 10.4. The van der Waals surface area contributed by atoms with E-state index < -0.39 is 23.1 Å². The van der Waals surface area contributed by atoms with E-state index >= 15 is 0 Å². The number of nitrogens with zero attached hydrogens (tertiary/aromatic N) is 2. The molecule has 3 aromatic carbocycles. The molecular weight excluding hydrogens is 472 g/mol. The molecule has 0 saturated heterocycles. The topological polar surface area (TPSA) is 85.3 Å². The van der Waals surface area contributed by atoms with Gasteiger partial charge >= 0.3 is 6.03 Å². The molecule has 0 aliphatic carbocycles. The first kappa shape index (κ1) is 23.8. The molecule has 2 unspecified atom stereocenters. The number of benzene rings is 3. The Morgan fingerprint density at radius 1 is 1.11 bits per heavy atom. The van der Waals surface area contributed by atoms with E-state index in [1.807, 2.05) is 73.1 Å². The predicted molar refractivity (Wildman–Crippen MR) is 140 cm³/mol. The second-order valence-electron chi connectivity index (χ2n) is 8.86. The van der Waals surface area contributed by atoms with Crippen LogP contribution in [0.1, 0.15) is 28.4 Å². The Labute approximate surface area is 213 Å². The highest BCUT2D eigenvalue weighted by Crippen LogP contribution is 2.34. The number of rotatable bonds is 7. The zero-order chi connectivity index (χ0) is 25.1. The van der Waals surface area contributed by atoms with Gasteiger partial charge in [0, 0.05) is 19.0 Å². The van der Waals surface area contributed by atoms with Gasteiger partial charge in [-0.1, -0.05) is 48.5 Å². The van der Waals surface area contributed by atoms with Gasteiger partial charge in [-0.3, -0.25) is 4.72 Å². The maximum atomic E-state index is 13.1. The zero-order valence-electron chi connectivity index (χ0n) is 20.2. The lowest BCUT2D eigenvalue weighted by molar-refractivity contribution is 0.242. The Balaban J connectivity index is 1.45. The van der Waals surface area contributed by atoms with Crippen molar-refractivity contribution in [3.63, 3.8) is 0 Å². The first-order valence-electron chi connectivity index (χ1n) is 11.9. The number of carbonyl (C=O) groups is 1. The van der Waals surface area contributed by atoms with E-state index in [0.29, 0.717) is 17.9 Å². The number of nitrogens with one attached hydrogen (secondary N) is 2. The summed E-state index contributed by atoms with van der Waals surface area (Å²) in [6.45, 7) is 2.56. The van der Waals surface area contributed by atoms with Crippen LogP contribution in [0.4, 0.5) is 4.79 Å². The summed E-state index contributed by atoms with van der Waals surface area (Å²) < 4.78 is 23.1. The maximum Gasteiger partial charge on any atom is 0.327 e. The van der Waals surface area contributed by atoms with Gasteiger partial charge in [0.25, 0.3) is 0 Å². The van der Waals surface area contributed by atoms with Crippen molar-refractivity contribution >= 4 is 17.0 Å². The van der Waals surface area contributed by atoms with Gasteiger partial charge in [0.1, 0.15) is 5.75 Å². The SMILES string of the molecule is Cc1ccccc1S(=O)NC(=O)NC(Cc1ccccc1)c1ncn(C)c1-c1ccc2c(c1)CCO2. The molecule has 1 aliphatic rings. The van der Waals surface area contributed by atoms with Crippen LogP contribution in [-0.2, 0) is 30.9 Å². The van der Waals surface area contributed by atoms with Gasteiger partial charge in [0.05, 0.1) is 35.3 Å². The number of urea groups is 1. The van der Waals surface area contributed by atoms with E-state index in [2.05, 4.69) is 16.1 Å². The second-order valence-corrected chi connectivity index (χ2v) is 10.0. The van der Waals surface area contributed by atoms with Crippen molar-refractivity contribution in [3.05, 3.63) is 102 Å². The average molecular weight is 501 g/mol. The van der Waals surface area contributed by atoms with E-state index in [0.717, 1.165) is 40.2 Å². The first-order chi connectivity index (χ1) is 17.5. The molecular formula is C28H28N4O3S. The van der Waals surface area contributed by atoms with Crippen LogP contribution < -0.4 is 14.8 Å². The quantitative estimate of drug-likeness (QED) is 0.387. The summed E-state index contributed by atoms with van der Waals surface area (Å²) in [4.78, 5) is 18.3. The van der Waals surface area contributed by atoms with Crippen LogP contribution in [0.3, 0.4) is 0 Å². The largest absolute Gasteiger partial charge is 0.493 e. The molecule has 2 atom stereocenters. The normalized spacial score (nSPS) is 13.9. The highest BCUT2D eigenvalue weighted by atomic mass is 32.2. The molecule has 36 heavy (non-hydrogen) atoms. The lowest BCUT2D eigenvalue weighted by Crippen LogP contribution is -2.40. The summed E-state index contributed by atoms with van der Waals surface area (Å²) in [6.07, 6.45) is 3.16. The number of hydrogen-bond donors (Lipinski definition) is 2. The van der Waals surface area contributed by atoms with Crippen molar-refractivity contribution in [2.24, 2.45) is 7.05 Å². The van der Waals surface area contributed by atoms with Gasteiger partial charge in [-0.15, -0.1) is 0 Å². The molecule has 0 fully saturated rings. The third kappa shape index (κ3) is 5.04. The Morgan fingerprint density at radius 3 is 2.69 bits per heavy atom. The Kier molecular flexibility index (Phi) is 6.86. The van der Waals surface area contributed by atoms with E-state index in [1.54, 1.807) is 18.5 Å². The first-order valence-corrected chi connectivity index (χ1v) is 13.0. The molecule has 0 saturated carbocycles. The molecule has 5 rings (SSSR count). The van der Waals surface area contributed by atoms with Gasteiger partial charge < -0.3 is 14.6 Å². The van der Waals surface area contributed by atoms with Gasteiger partial charge in [-0.25, -0.2) is 14.0 Å². The minimum atomic E-state index is -1.68. The van der Waals surface area contributed by atoms with Gasteiger partial charge in [0.15, 0.2) is 11.0 Å². The summed E-state index contributed by atoms with van der Waals surface area (Å²) in [7, 11) is 0.265. The van der Waals surface area contributed by atoms with E-state index in [9.17, 15) is 9.00 Å². The molecule has 8 heteroatoms. The lowest BCUT2D eigenvalue weighted by atomic mass is 9.98. The molecule has 2 N–H and O–H groups in total. The summed E-state index contributed by atoms with van der Waals surface area (Å²) in [5.41, 5.74) is 5.76. The smallest absolute Gasteiger partial charge is 0.327 e. The number of ether oxygens (including phenoxy) is 1. The minimum absolute atomic E-state index is 0.443. The summed E-state index contributed by atoms with van der Waals surface area (Å²) >= 11 is 0. The molecule has 2 heterocycles. The van der Waals surface area contributed by atoms with Crippen molar-refractivity contribution in [2.45, 2.75) is 30.7 Å². The zero-order valence-corrected chi connectivity index (χ0v) is 21.0. The summed E-state index contributed by atoms with van der Waals surface area (Å²) in [6, 6.07) is 22.4. The number of amides is 2. The maximum absolute atomic E-state index is 13.1. The molecule has 184 valence electrons. The Hall–Kier alpha value is -3.91. The monoisotopic (exact) mass is 500 g/mol. The third-order valence-electron chi connectivity index (χ3n) is 6.33. The van der Waals surface area contributed by atoms with Crippen LogP contribution in [-0.4, -0.2) is 26.4 Å². The summed E-state index contributed by atoms with van der Waals surface area (Å²) in [5, 5.41) is 3.03. The number of imidazole rings is 1. The number of aryl methyl sites for hydroxylation is 2. The number of carbonyl (C=O) groups excluding carboxylic acids is 1. The number of aromatic nitrogens is 2. The van der Waals surface area contributed by atoms with Crippen LogP contribution in [0.2, 0.25) is 0 Å². The van der Waals surface area contributed by atoms with Gasteiger partial charge in [-0.2, -0.15) is 0 Å². The fourth-order valence-corrected chi connectivity index (χ4v) is 5.45. The fraction of sp³-hybridized carbons (Fsp3) is 0.214. The third-order valence-corrected chi connectivity index (χ3v) is 7.55.